The summed E-state index contributed by atoms with van der Waals surface area (Å²) >= 11 is 2.91. The molecule has 0 unspecified atom stereocenters. The molecule has 164 valence electrons. The standard InChI is InChI=1S/C24H27NO4S2/c1-14(2)16-9-8-15(3)12-18(16)29-22(26)13-28-24(27)21-11-10-20(30-21)23-25-17-6-4-5-7-19(17)31-23/h4-7,10-11,14-16,18H,8-9,12-13H2,1-3H3/t15-,16-,18-/m1/s1. The van der Waals surface area contributed by atoms with E-state index in [2.05, 4.69) is 25.8 Å². The largest absolute Gasteiger partial charge is 0.460 e. The van der Waals surface area contributed by atoms with Crippen molar-refractivity contribution in [1.29, 1.82) is 0 Å². The normalized spacial score (nSPS) is 21.4. The van der Waals surface area contributed by atoms with E-state index in [9.17, 15) is 9.59 Å². The number of para-hydroxylation sites is 1. The lowest BCUT2D eigenvalue weighted by Crippen LogP contribution is -2.36. The fraction of sp³-hybridized carbons (Fsp3) is 0.458. The average Bonchev–Trinajstić information content (AvgIpc) is 3.39. The zero-order valence-electron chi connectivity index (χ0n) is 18.0. The van der Waals surface area contributed by atoms with Crippen LogP contribution < -0.4 is 0 Å². The van der Waals surface area contributed by atoms with Gasteiger partial charge in [0.05, 0.1) is 15.1 Å². The Hall–Kier alpha value is -2.25. The number of aromatic nitrogens is 1. The van der Waals surface area contributed by atoms with Gasteiger partial charge in [-0.2, -0.15) is 0 Å². The van der Waals surface area contributed by atoms with Crippen molar-refractivity contribution >= 4 is 44.8 Å². The summed E-state index contributed by atoms with van der Waals surface area (Å²) in [7, 11) is 0. The molecule has 5 nitrogen and oxygen atoms in total. The van der Waals surface area contributed by atoms with E-state index in [1.165, 1.54) is 17.8 Å². The molecule has 0 bridgehead atoms. The van der Waals surface area contributed by atoms with Gasteiger partial charge >= 0.3 is 11.9 Å². The molecule has 2 aromatic heterocycles. The van der Waals surface area contributed by atoms with E-state index in [0.29, 0.717) is 22.6 Å². The van der Waals surface area contributed by atoms with Gasteiger partial charge in [-0.15, -0.1) is 22.7 Å². The minimum absolute atomic E-state index is 0.0951. The van der Waals surface area contributed by atoms with Crippen molar-refractivity contribution in [2.45, 2.75) is 46.1 Å². The highest BCUT2D eigenvalue weighted by molar-refractivity contribution is 7.26. The summed E-state index contributed by atoms with van der Waals surface area (Å²) in [6.45, 7) is 6.17. The molecule has 4 rings (SSSR count). The number of nitrogens with zero attached hydrogens (tertiary/aromatic N) is 1. The first kappa shape index (κ1) is 22.0. The van der Waals surface area contributed by atoms with Crippen molar-refractivity contribution < 1.29 is 19.1 Å². The second kappa shape index (κ2) is 9.49. The number of esters is 2. The number of rotatable bonds is 6. The van der Waals surface area contributed by atoms with Crippen LogP contribution in [0.15, 0.2) is 36.4 Å². The van der Waals surface area contributed by atoms with Crippen LogP contribution in [0.25, 0.3) is 20.1 Å². The van der Waals surface area contributed by atoms with Gasteiger partial charge in [-0.25, -0.2) is 14.6 Å². The number of hydrogen-bond acceptors (Lipinski definition) is 7. The van der Waals surface area contributed by atoms with E-state index in [-0.39, 0.29) is 12.7 Å². The summed E-state index contributed by atoms with van der Waals surface area (Å²) in [6, 6.07) is 11.5. The summed E-state index contributed by atoms with van der Waals surface area (Å²) in [5.74, 6) is 0.389. The SMILES string of the molecule is CC(C)[C@H]1CC[C@@H](C)C[C@H]1OC(=O)COC(=O)c1ccc(-c2nc3ccccc3s2)s1. The van der Waals surface area contributed by atoms with E-state index in [1.54, 1.807) is 17.4 Å². The molecule has 0 N–H and O–H groups in total. The van der Waals surface area contributed by atoms with E-state index in [0.717, 1.165) is 32.9 Å². The van der Waals surface area contributed by atoms with E-state index < -0.39 is 11.9 Å². The van der Waals surface area contributed by atoms with Gasteiger partial charge in [0, 0.05) is 0 Å². The number of fused-ring (bicyclic) bond motifs is 1. The summed E-state index contributed by atoms with van der Waals surface area (Å²) in [6.07, 6.45) is 3.02. The van der Waals surface area contributed by atoms with Crippen LogP contribution in [-0.2, 0) is 14.3 Å². The van der Waals surface area contributed by atoms with Crippen LogP contribution in [0.4, 0.5) is 0 Å². The van der Waals surface area contributed by atoms with Crippen LogP contribution in [0.5, 0.6) is 0 Å². The molecule has 7 heteroatoms. The molecule has 0 saturated heterocycles. The third kappa shape index (κ3) is 5.15. The molecule has 1 saturated carbocycles. The zero-order chi connectivity index (χ0) is 22.0. The van der Waals surface area contributed by atoms with Crippen LogP contribution in [0, 0.1) is 17.8 Å². The molecular weight excluding hydrogens is 430 g/mol. The molecule has 0 radical (unpaired) electrons. The Balaban J connectivity index is 1.34. The maximum absolute atomic E-state index is 12.4. The van der Waals surface area contributed by atoms with E-state index in [1.807, 2.05) is 30.3 Å². The highest BCUT2D eigenvalue weighted by Crippen LogP contribution is 2.36. The lowest BCUT2D eigenvalue weighted by Gasteiger charge is -2.36. The summed E-state index contributed by atoms with van der Waals surface area (Å²) < 4.78 is 12.1. The lowest BCUT2D eigenvalue weighted by molar-refractivity contribution is -0.159. The molecule has 1 aliphatic carbocycles. The number of ether oxygens (including phenoxy) is 2. The number of thiazole rings is 1. The number of thiophene rings is 1. The quantitative estimate of drug-likeness (QED) is 0.413. The van der Waals surface area contributed by atoms with Crippen molar-refractivity contribution in [2.75, 3.05) is 6.61 Å². The van der Waals surface area contributed by atoms with Gasteiger partial charge < -0.3 is 9.47 Å². The van der Waals surface area contributed by atoms with Gasteiger partial charge in [-0.05, 0) is 54.9 Å². The number of benzene rings is 1. The third-order valence-electron chi connectivity index (χ3n) is 5.88. The molecule has 1 fully saturated rings. The number of hydrogen-bond donors (Lipinski definition) is 0. The predicted molar refractivity (Wildman–Crippen MR) is 124 cm³/mol. The van der Waals surface area contributed by atoms with Gasteiger partial charge in [0.15, 0.2) is 6.61 Å². The van der Waals surface area contributed by atoms with Gasteiger partial charge in [0.2, 0.25) is 0 Å². The minimum atomic E-state index is -0.508. The first-order valence-electron chi connectivity index (χ1n) is 10.7. The summed E-state index contributed by atoms with van der Waals surface area (Å²) in [5.41, 5.74) is 0.944. The highest BCUT2D eigenvalue weighted by Gasteiger charge is 2.33. The van der Waals surface area contributed by atoms with Crippen molar-refractivity contribution in [3.63, 3.8) is 0 Å². The molecular formula is C24H27NO4S2. The van der Waals surface area contributed by atoms with Crippen LogP contribution in [0.1, 0.15) is 49.7 Å². The van der Waals surface area contributed by atoms with Crippen LogP contribution in [0.2, 0.25) is 0 Å². The number of carbonyl (C=O) groups excluding carboxylic acids is 2. The van der Waals surface area contributed by atoms with Crippen molar-refractivity contribution in [2.24, 2.45) is 17.8 Å². The molecule has 2 heterocycles. The third-order valence-corrected chi connectivity index (χ3v) is 8.15. The molecule has 1 aromatic carbocycles. The van der Waals surface area contributed by atoms with E-state index in [4.69, 9.17) is 9.47 Å². The van der Waals surface area contributed by atoms with Crippen LogP contribution in [-0.4, -0.2) is 29.6 Å². The first-order chi connectivity index (χ1) is 14.9. The van der Waals surface area contributed by atoms with E-state index >= 15 is 0 Å². The smallest absolute Gasteiger partial charge is 0.348 e. The van der Waals surface area contributed by atoms with Gasteiger partial charge in [0.25, 0.3) is 0 Å². The topological polar surface area (TPSA) is 65.5 Å². The molecule has 0 spiro atoms. The van der Waals surface area contributed by atoms with Crippen molar-refractivity contribution in [1.82, 2.24) is 4.98 Å². The van der Waals surface area contributed by atoms with Gasteiger partial charge in [-0.1, -0.05) is 39.3 Å². The maximum Gasteiger partial charge on any atom is 0.348 e. The fourth-order valence-electron chi connectivity index (χ4n) is 4.19. The average molecular weight is 458 g/mol. The molecule has 3 aromatic rings. The Morgan fingerprint density at radius 1 is 1.13 bits per heavy atom. The monoisotopic (exact) mass is 457 g/mol. The summed E-state index contributed by atoms with van der Waals surface area (Å²) in [4.78, 5) is 30.8. The van der Waals surface area contributed by atoms with Crippen molar-refractivity contribution in [3.05, 3.63) is 41.3 Å². The Kier molecular flexibility index (Phi) is 6.72. The Bertz CT molecular complexity index is 1040. The fourth-order valence-corrected chi connectivity index (χ4v) is 6.11. The minimum Gasteiger partial charge on any atom is -0.460 e. The van der Waals surface area contributed by atoms with Crippen LogP contribution >= 0.6 is 22.7 Å². The second-order valence-corrected chi connectivity index (χ2v) is 10.7. The highest BCUT2D eigenvalue weighted by atomic mass is 32.1. The Labute approximate surface area is 190 Å². The molecule has 0 amide bonds. The van der Waals surface area contributed by atoms with Gasteiger partial charge in [-0.3, -0.25) is 0 Å². The predicted octanol–water partition coefficient (Wildman–Crippen LogP) is 6.19. The Morgan fingerprint density at radius 3 is 2.71 bits per heavy atom. The lowest BCUT2D eigenvalue weighted by atomic mass is 9.75. The molecule has 31 heavy (non-hydrogen) atoms. The number of carbonyl (C=O) groups is 2. The molecule has 1 aliphatic rings. The Morgan fingerprint density at radius 2 is 1.94 bits per heavy atom. The molecule has 0 aliphatic heterocycles. The first-order valence-corrected chi connectivity index (χ1v) is 12.4. The zero-order valence-corrected chi connectivity index (χ0v) is 19.6. The maximum atomic E-state index is 12.4. The summed E-state index contributed by atoms with van der Waals surface area (Å²) in [5, 5.41) is 0.871. The van der Waals surface area contributed by atoms with Gasteiger partial charge in [0.1, 0.15) is 16.0 Å². The van der Waals surface area contributed by atoms with Crippen LogP contribution in [0.3, 0.4) is 0 Å². The molecule has 3 atom stereocenters. The second-order valence-electron chi connectivity index (χ2n) is 8.58. The van der Waals surface area contributed by atoms with Crippen molar-refractivity contribution in [3.8, 4) is 9.88 Å².